The molecule has 3 amide bonds. The molecular weight excluding hydrogens is 444 g/mol. The minimum absolute atomic E-state index is 0.00191. The van der Waals surface area contributed by atoms with Gasteiger partial charge in [-0.05, 0) is 54.1 Å². The van der Waals surface area contributed by atoms with Crippen molar-refractivity contribution in [2.75, 3.05) is 22.5 Å². The lowest BCUT2D eigenvalue weighted by Crippen LogP contribution is -2.24. The number of anilines is 3. The molecule has 0 saturated carbocycles. The summed E-state index contributed by atoms with van der Waals surface area (Å²) >= 11 is 0. The predicted octanol–water partition coefficient (Wildman–Crippen LogP) is 4.51. The van der Waals surface area contributed by atoms with E-state index in [1.165, 1.54) is 6.26 Å². The molecular formula is C27H24N4O4. The highest BCUT2D eigenvalue weighted by molar-refractivity contribution is 6.03. The molecule has 4 aromatic rings. The van der Waals surface area contributed by atoms with E-state index in [9.17, 15) is 14.4 Å². The zero-order valence-corrected chi connectivity index (χ0v) is 18.8. The molecule has 176 valence electrons. The molecule has 1 aromatic heterocycles. The first-order chi connectivity index (χ1) is 17.1. The Morgan fingerprint density at radius 2 is 1.43 bits per heavy atom. The number of hydrogen-bond donors (Lipinski definition) is 4. The van der Waals surface area contributed by atoms with E-state index in [4.69, 9.17) is 4.42 Å². The van der Waals surface area contributed by atoms with Gasteiger partial charge in [0.15, 0.2) is 5.76 Å². The molecule has 4 rings (SSSR count). The Hall–Kier alpha value is -4.85. The smallest absolute Gasteiger partial charge is 0.291 e. The number of nitrogens with one attached hydrogen (secondary N) is 4. The molecule has 0 atom stereocenters. The van der Waals surface area contributed by atoms with E-state index in [0.717, 1.165) is 5.56 Å². The van der Waals surface area contributed by atoms with E-state index in [1.807, 2.05) is 30.3 Å². The maximum absolute atomic E-state index is 12.5. The molecule has 0 aliphatic heterocycles. The molecule has 3 aromatic carbocycles. The Kier molecular flexibility index (Phi) is 7.55. The van der Waals surface area contributed by atoms with E-state index < -0.39 is 0 Å². The van der Waals surface area contributed by atoms with Crippen molar-refractivity contribution < 1.29 is 18.8 Å². The summed E-state index contributed by atoms with van der Waals surface area (Å²) in [4.78, 5) is 37.0. The minimum atomic E-state index is -0.382. The van der Waals surface area contributed by atoms with Crippen LogP contribution in [0.3, 0.4) is 0 Å². The minimum Gasteiger partial charge on any atom is -0.459 e. The Balaban J connectivity index is 1.28. The van der Waals surface area contributed by atoms with Crippen LogP contribution in [0.5, 0.6) is 0 Å². The van der Waals surface area contributed by atoms with Crippen LogP contribution in [0.1, 0.15) is 26.5 Å². The molecule has 0 bridgehead atoms. The number of benzene rings is 3. The molecule has 0 radical (unpaired) electrons. The van der Waals surface area contributed by atoms with Gasteiger partial charge in [-0.25, -0.2) is 0 Å². The van der Waals surface area contributed by atoms with Crippen molar-refractivity contribution in [1.82, 2.24) is 5.32 Å². The molecule has 8 nitrogen and oxygen atoms in total. The fourth-order valence-electron chi connectivity index (χ4n) is 3.31. The summed E-state index contributed by atoms with van der Waals surface area (Å²) in [6, 6.07) is 26.6. The van der Waals surface area contributed by atoms with Crippen LogP contribution in [0.25, 0.3) is 0 Å². The second-order valence-electron chi connectivity index (χ2n) is 7.66. The monoisotopic (exact) mass is 468 g/mol. The molecule has 0 aliphatic carbocycles. The normalized spacial score (nSPS) is 10.3. The molecule has 1 heterocycles. The zero-order valence-electron chi connectivity index (χ0n) is 18.8. The number of carbonyl (C=O) groups excluding carboxylic acids is 3. The maximum Gasteiger partial charge on any atom is 0.291 e. The molecule has 0 saturated heterocycles. The maximum atomic E-state index is 12.5. The van der Waals surface area contributed by atoms with Gasteiger partial charge in [-0.15, -0.1) is 0 Å². The standard InChI is InChI=1S/C27H24N4O4/c32-25(30-22-11-5-12-23(16-22)31-27(34)24-13-6-14-35-24)18-28-21-10-4-9-20(15-21)26(33)29-17-19-7-2-1-3-8-19/h1-16,28H,17-18H2,(H,29,33)(H,30,32)(H,31,34). The van der Waals surface area contributed by atoms with Crippen LogP contribution >= 0.6 is 0 Å². The largest absolute Gasteiger partial charge is 0.459 e. The Morgan fingerprint density at radius 3 is 2.20 bits per heavy atom. The van der Waals surface area contributed by atoms with Crippen LogP contribution in [0.2, 0.25) is 0 Å². The fraction of sp³-hybridized carbons (Fsp3) is 0.0741. The second-order valence-corrected chi connectivity index (χ2v) is 7.66. The van der Waals surface area contributed by atoms with Crippen molar-refractivity contribution >= 4 is 34.8 Å². The Labute approximate surface area is 202 Å². The summed E-state index contributed by atoms with van der Waals surface area (Å²) in [5, 5.41) is 11.4. The van der Waals surface area contributed by atoms with Crippen molar-refractivity contribution in [2.45, 2.75) is 6.54 Å². The van der Waals surface area contributed by atoms with Crippen LogP contribution in [-0.4, -0.2) is 24.3 Å². The van der Waals surface area contributed by atoms with Crippen LogP contribution in [0.15, 0.2) is 102 Å². The van der Waals surface area contributed by atoms with Gasteiger partial charge >= 0.3 is 0 Å². The van der Waals surface area contributed by atoms with Gasteiger partial charge in [-0.1, -0.05) is 42.5 Å². The molecule has 35 heavy (non-hydrogen) atoms. The first-order valence-electron chi connectivity index (χ1n) is 11.0. The molecule has 0 unspecified atom stereocenters. The highest BCUT2D eigenvalue weighted by Crippen LogP contribution is 2.17. The molecule has 0 spiro atoms. The van der Waals surface area contributed by atoms with Crippen molar-refractivity contribution in [3.05, 3.63) is 114 Å². The van der Waals surface area contributed by atoms with Gasteiger partial charge in [-0.2, -0.15) is 0 Å². The topological polar surface area (TPSA) is 112 Å². The molecule has 8 heteroatoms. The molecule has 0 fully saturated rings. The van der Waals surface area contributed by atoms with E-state index in [1.54, 1.807) is 60.7 Å². The lowest BCUT2D eigenvalue weighted by atomic mass is 10.1. The lowest BCUT2D eigenvalue weighted by molar-refractivity contribution is -0.114. The molecule has 0 aliphatic rings. The van der Waals surface area contributed by atoms with E-state index in [2.05, 4.69) is 21.3 Å². The van der Waals surface area contributed by atoms with Gasteiger partial charge in [-0.3, -0.25) is 14.4 Å². The quantitative estimate of drug-likeness (QED) is 0.289. The number of carbonyl (C=O) groups is 3. The fourth-order valence-corrected chi connectivity index (χ4v) is 3.31. The van der Waals surface area contributed by atoms with Crippen LogP contribution in [0, 0.1) is 0 Å². The van der Waals surface area contributed by atoms with E-state index in [-0.39, 0.29) is 30.0 Å². The Bertz CT molecular complexity index is 1300. The van der Waals surface area contributed by atoms with Crippen molar-refractivity contribution in [3.63, 3.8) is 0 Å². The second kappa shape index (κ2) is 11.3. The third kappa shape index (κ3) is 6.82. The summed E-state index contributed by atoms with van der Waals surface area (Å²) in [5.74, 6) is -0.666. The lowest BCUT2D eigenvalue weighted by Gasteiger charge is -2.11. The summed E-state index contributed by atoms with van der Waals surface area (Å²) in [7, 11) is 0. The summed E-state index contributed by atoms with van der Waals surface area (Å²) in [5.41, 5.74) is 3.20. The zero-order chi connectivity index (χ0) is 24.5. The third-order valence-electron chi connectivity index (χ3n) is 5.02. The highest BCUT2D eigenvalue weighted by atomic mass is 16.3. The summed E-state index contributed by atoms with van der Waals surface area (Å²) < 4.78 is 5.08. The van der Waals surface area contributed by atoms with Crippen LogP contribution in [0.4, 0.5) is 17.1 Å². The van der Waals surface area contributed by atoms with Crippen LogP contribution < -0.4 is 21.3 Å². The van der Waals surface area contributed by atoms with Gasteiger partial charge in [0, 0.05) is 29.2 Å². The highest BCUT2D eigenvalue weighted by Gasteiger charge is 2.10. The summed E-state index contributed by atoms with van der Waals surface area (Å²) in [6.45, 7) is 0.429. The van der Waals surface area contributed by atoms with Crippen molar-refractivity contribution in [3.8, 4) is 0 Å². The number of amides is 3. The van der Waals surface area contributed by atoms with Gasteiger partial charge in [0.25, 0.3) is 11.8 Å². The first-order valence-corrected chi connectivity index (χ1v) is 11.0. The van der Waals surface area contributed by atoms with Gasteiger partial charge in [0.2, 0.25) is 5.91 Å². The SMILES string of the molecule is O=C(CNc1cccc(C(=O)NCc2ccccc2)c1)Nc1cccc(NC(=O)c2ccco2)c1. The van der Waals surface area contributed by atoms with Gasteiger partial charge in [0.05, 0.1) is 12.8 Å². The number of furan rings is 1. The van der Waals surface area contributed by atoms with Gasteiger partial charge < -0.3 is 25.7 Å². The number of hydrogen-bond acceptors (Lipinski definition) is 5. The van der Waals surface area contributed by atoms with Crippen molar-refractivity contribution in [1.29, 1.82) is 0 Å². The molecule has 4 N–H and O–H groups in total. The van der Waals surface area contributed by atoms with E-state index in [0.29, 0.717) is 29.2 Å². The van der Waals surface area contributed by atoms with Crippen molar-refractivity contribution in [2.24, 2.45) is 0 Å². The third-order valence-corrected chi connectivity index (χ3v) is 5.02. The average Bonchev–Trinajstić information content (AvgIpc) is 3.42. The average molecular weight is 469 g/mol. The van der Waals surface area contributed by atoms with Gasteiger partial charge in [0.1, 0.15) is 0 Å². The summed E-state index contributed by atoms with van der Waals surface area (Å²) in [6.07, 6.45) is 1.42. The van der Waals surface area contributed by atoms with Crippen LogP contribution in [-0.2, 0) is 11.3 Å². The Morgan fingerprint density at radius 1 is 0.686 bits per heavy atom. The van der Waals surface area contributed by atoms with E-state index >= 15 is 0 Å². The first kappa shape index (κ1) is 23.3. The predicted molar refractivity (Wildman–Crippen MR) is 134 cm³/mol. The number of rotatable bonds is 9.